The third kappa shape index (κ3) is 8.57. The van der Waals surface area contributed by atoms with Crippen molar-refractivity contribution in [1.29, 1.82) is 0 Å². The lowest BCUT2D eigenvalue weighted by atomic mass is 10.0. The maximum atomic E-state index is 13.3. The van der Waals surface area contributed by atoms with Gasteiger partial charge in [-0.2, -0.15) is 17.5 Å². The molecule has 3 rings (SSSR count). The molecule has 0 spiro atoms. The smallest absolute Gasteiger partial charge is 0.416 e. The average Bonchev–Trinajstić information content (AvgIpc) is 2.92. The summed E-state index contributed by atoms with van der Waals surface area (Å²) in [7, 11) is -2.96. The van der Waals surface area contributed by atoms with Crippen LogP contribution in [0.15, 0.2) is 53.4 Å². The van der Waals surface area contributed by atoms with Crippen molar-refractivity contribution in [2.75, 3.05) is 20.3 Å². The summed E-state index contributed by atoms with van der Waals surface area (Å²) in [6, 6.07) is 8.95. The number of sulfonamides is 1. The van der Waals surface area contributed by atoms with E-state index in [2.05, 4.69) is 10.6 Å². The predicted octanol–water partition coefficient (Wildman–Crippen LogP) is 3.44. The Hall–Kier alpha value is -3.36. The second kappa shape index (κ2) is 13.1. The Labute approximate surface area is 236 Å². The van der Waals surface area contributed by atoms with Crippen molar-refractivity contribution in [3.63, 3.8) is 0 Å². The van der Waals surface area contributed by atoms with E-state index >= 15 is 0 Å². The standard InChI is InChI=1S/C27H34F3N3O7S/c1-26(2,17-34)32-24(35)22(15-18-10-12-20(39-3)13-11-18)31-25(36)40-23-9-4-5-14-33(23)41(37,38)21-8-6-7-19(16-21)27(28,29)30/h6-8,10-13,16,22-23,34H,4-5,9,14-15,17H2,1-3H3,(H,31,36)(H,32,35)/t22-,23-/m0/s1. The third-order valence-corrected chi connectivity index (χ3v) is 8.36. The first-order chi connectivity index (χ1) is 19.2. The topological polar surface area (TPSA) is 134 Å². The zero-order chi connectivity index (χ0) is 30.4. The fourth-order valence-electron chi connectivity index (χ4n) is 4.20. The second-order valence-corrected chi connectivity index (χ2v) is 12.2. The molecule has 2 amide bonds. The van der Waals surface area contributed by atoms with Crippen molar-refractivity contribution >= 4 is 22.0 Å². The number of methoxy groups -OCH3 is 1. The molecular weight excluding hydrogens is 567 g/mol. The van der Waals surface area contributed by atoms with Gasteiger partial charge in [0.05, 0.1) is 29.7 Å². The molecule has 3 N–H and O–H groups in total. The third-order valence-electron chi connectivity index (χ3n) is 6.48. The van der Waals surface area contributed by atoms with Crippen molar-refractivity contribution in [3.8, 4) is 5.75 Å². The molecule has 226 valence electrons. The Kier molecular flexibility index (Phi) is 10.3. The molecule has 10 nitrogen and oxygen atoms in total. The number of benzene rings is 2. The number of nitrogens with zero attached hydrogens (tertiary/aromatic N) is 1. The highest BCUT2D eigenvalue weighted by Crippen LogP contribution is 2.32. The zero-order valence-corrected chi connectivity index (χ0v) is 23.7. The highest BCUT2D eigenvalue weighted by atomic mass is 32.2. The lowest BCUT2D eigenvalue weighted by Crippen LogP contribution is -2.56. The van der Waals surface area contributed by atoms with Gasteiger partial charge in [0.15, 0.2) is 6.23 Å². The number of alkyl carbamates (subject to hydrolysis) is 1. The van der Waals surface area contributed by atoms with Crippen LogP contribution in [0.2, 0.25) is 0 Å². The van der Waals surface area contributed by atoms with Crippen molar-refractivity contribution in [2.24, 2.45) is 0 Å². The number of ether oxygens (including phenoxy) is 2. The molecule has 2 atom stereocenters. The van der Waals surface area contributed by atoms with E-state index < -0.39 is 56.5 Å². The monoisotopic (exact) mass is 601 g/mol. The summed E-state index contributed by atoms with van der Waals surface area (Å²) in [6.45, 7) is 2.73. The Morgan fingerprint density at radius 3 is 2.41 bits per heavy atom. The van der Waals surface area contributed by atoms with Crippen LogP contribution in [0.4, 0.5) is 18.0 Å². The normalized spacial score (nSPS) is 17.4. The zero-order valence-electron chi connectivity index (χ0n) is 22.9. The molecule has 1 heterocycles. The van der Waals surface area contributed by atoms with E-state index in [4.69, 9.17) is 9.47 Å². The number of carbonyl (C=O) groups is 2. The van der Waals surface area contributed by atoms with Gasteiger partial charge in [-0.05, 0) is 69.0 Å². The Morgan fingerprint density at radius 1 is 1.12 bits per heavy atom. The van der Waals surface area contributed by atoms with Gasteiger partial charge in [0.25, 0.3) is 0 Å². The predicted molar refractivity (Wildman–Crippen MR) is 142 cm³/mol. The molecule has 0 unspecified atom stereocenters. The molecule has 1 fully saturated rings. The number of amides is 2. The summed E-state index contributed by atoms with van der Waals surface area (Å²) in [5.74, 6) is -0.0307. The second-order valence-electron chi connectivity index (χ2n) is 10.3. The van der Waals surface area contributed by atoms with Gasteiger partial charge in [-0.3, -0.25) is 4.79 Å². The van der Waals surface area contributed by atoms with Crippen molar-refractivity contribution in [3.05, 3.63) is 59.7 Å². The molecule has 0 aromatic heterocycles. The minimum atomic E-state index is -4.74. The maximum absolute atomic E-state index is 13.3. The van der Waals surface area contributed by atoms with Gasteiger partial charge in [-0.25, -0.2) is 13.2 Å². The number of alkyl halides is 3. The number of halogens is 3. The van der Waals surface area contributed by atoms with Gasteiger partial charge in [0.1, 0.15) is 11.8 Å². The minimum Gasteiger partial charge on any atom is -0.497 e. The number of nitrogens with one attached hydrogen (secondary N) is 2. The maximum Gasteiger partial charge on any atom is 0.416 e. The van der Waals surface area contributed by atoms with E-state index in [9.17, 15) is 36.3 Å². The lowest BCUT2D eigenvalue weighted by Gasteiger charge is -2.34. The largest absolute Gasteiger partial charge is 0.497 e. The van der Waals surface area contributed by atoms with E-state index in [0.717, 1.165) is 22.5 Å². The summed E-state index contributed by atoms with van der Waals surface area (Å²) in [5.41, 5.74) is -1.46. The molecule has 0 bridgehead atoms. The van der Waals surface area contributed by atoms with Crippen LogP contribution < -0.4 is 15.4 Å². The molecule has 0 radical (unpaired) electrons. The summed E-state index contributed by atoms with van der Waals surface area (Å²) in [4.78, 5) is 25.5. The molecule has 2 aromatic carbocycles. The summed E-state index contributed by atoms with van der Waals surface area (Å²) < 4.78 is 77.7. The first-order valence-electron chi connectivity index (χ1n) is 12.9. The molecule has 2 aromatic rings. The van der Waals surface area contributed by atoms with Crippen LogP contribution in [0.3, 0.4) is 0 Å². The number of hydrogen-bond donors (Lipinski definition) is 3. The molecule has 14 heteroatoms. The van der Waals surface area contributed by atoms with Gasteiger partial charge >= 0.3 is 12.3 Å². The van der Waals surface area contributed by atoms with E-state index in [1.165, 1.54) is 7.11 Å². The average molecular weight is 602 g/mol. The Morgan fingerprint density at radius 2 is 1.80 bits per heavy atom. The van der Waals surface area contributed by atoms with Crippen LogP contribution in [-0.4, -0.2) is 67.9 Å². The molecule has 1 aliphatic rings. The van der Waals surface area contributed by atoms with E-state index in [0.29, 0.717) is 30.2 Å². The molecule has 1 aliphatic heterocycles. The fraction of sp³-hybridized carbons (Fsp3) is 0.481. The molecular formula is C27H34F3N3O7S. The number of carbonyl (C=O) groups excluding carboxylic acids is 2. The number of piperidine rings is 1. The number of aliphatic hydroxyl groups excluding tert-OH is 1. The van der Waals surface area contributed by atoms with E-state index in [1.54, 1.807) is 38.1 Å². The van der Waals surface area contributed by atoms with Crippen LogP contribution in [0.5, 0.6) is 5.75 Å². The lowest BCUT2D eigenvalue weighted by molar-refractivity contribution is -0.137. The number of aliphatic hydroxyl groups is 1. The minimum absolute atomic E-state index is 0.0311. The van der Waals surface area contributed by atoms with Gasteiger partial charge in [0, 0.05) is 13.0 Å². The highest BCUT2D eigenvalue weighted by Gasteiger charge is 2.38. The van der Waals surface area contributed by atoms with Crippen LogP contribution in [0.25, 0.3) is 0 Å². The summed E-state index contributed by atoms with van der Waals surface area (Å²) in [6.07, 6.45) is -6.07. The highest BCUT2D eigenvalue weighted by molar-refractivity contribution is 7.89. The Bertz CT molecular complexity index is 1320. The quantitative estimate of drug-likeness (QED) is 0.380. The van der Waals surface area contributed by atoms with Crippen LogP contribution >= 0.6 is 0 Å². The van der Waals surface area contributed by atoms with Gasteiger partial charge in [-0.15, -0.1) is 0 Å². The van der Waals surface area contributed by atoms with Crippen molar-refractivity contribution in [1.82, 2.24) is 14.9 Å². The van der Waals surface area contributed by atoms with Gasteiger partial charge in [-0.1, -0.05) is 18.2 Å². The Balaban J connectivity index is 1.80. The van der Waals surface area contributed by atoms with E-state index in [-0.39, 0.29) is 26.0 Å². The van der Waals surface area contributed by atoms with Crippen molar-refractivity contribution < 1.29 is 45.8 Å². The first-order valence-corrected chi connectivity index (χ1v) is 14.3. The van der Waals surface area contributed by atoms with Crippen LogP contribution in [-0.2, 0) is 32.2 Å². The SMILES string of the molecule is COc1ccc(C[C@H](NC(=O)O[C@H]2CCCCN2S(=O)(=O)c2cccc(C(F)(F)F)c2)C(=O)NC(C)(C)CO)cc1. The molecule has 0 saturated carbocycles. The van der Waals surface area contributed by atoms with Gasteiger partial charge < -0.3 is 25.2 Å². The van der Waals surface area contributed by atoms with Crippen molar-refractivity contribution in [2.45, 2.75) is 68.4 Å². The number of hydrogen-bond acceptors (Lipinski definition) is 7. The fourth-order valence-corrected chi connectivity index (χ4v) is 5.83. The van der Waals surface area contributed by atoms with Crippen LogP contribution in [0, 0.1) is 0 Å². The number of rotatable bonds is 10. The molecule has 0 aliphatic carbocycles. The molecule has 41 heavy (non-hydrogen) atoms. The van der Waals surface area contributed by atoms with E-state index in [1.807, 2.05) is 0 Å². The van der Waals surface area contributed by atoms with Gasteiger partial charge in [0.2, 0.25) is 15.9 Å². The first kappa shape index (κ1) is 32.2. The van der Waals surface area contributed by atoms with Crippen LogP contribution in [0.1, 0.15) is 44.2 Å². The summed E-state index contributed by atoms with van der Waals surface area (Å²) >= 11 is 0. The summed E-state index contributed by atoms with van der Waals surface area (Å²) in [5, 5.41) is 14.7. The molecule has 1 saturated heterocycles.